The van der Waals surface area contributed by atoms with Crippen LogP contribution in [0.4, 0.5) is 0 Å². The van der Waals surface area contributed by atoms with E-state index in [-0.39, 0.29) is 0 Å². The van der Waals surface area contributed by atoms with Crippen LogP contribution in [0.1, 0.15) is 18.9 Å². The zero-order valence-corrected chi connectivity index (χ0v) is 9.41. The summed E-state index contributed by atoms with van der Waals surface area (Å²) < 4.78 is 0. The van der Waals surface area contributed by atoms with Crippen LogP contribution in [0.3, 0.4) is 0 Å². The summed E-state index contributed by atoms with van der Waals surface area (Å²) in [5.74, 6) is 0.713. The molecular weight excluding hydrogens is 210 g/mol. The van der Waals surface area contributed by atoms with E-state index in [2.05, 4.69) is 12.0 Å². The molecule has 0 aromatic heterocycles. The molecular formula is C11H14ClN3. The van der Waals surface area contributed by atoms with E-state index in [1.165, 1.54) is 0 Å². The van der Waals surface area contributed by atoms with E-state index in [0.29, 0.717) is 11.9 Å². The number of rotatable bonds is 2. The monoisotopic (exact) mass is 223 g/mol. The van der Waals surface area contributed by atoms with Crippen molar-refractivity contribution in [2.45, 2.75) is 25.9 Å². The highest BCUT2D eigenvalue weighted by Gasteiger charge is 2.20. The number of hydrogen-bond donors (Lipinski definition) is 1. The molecule has 80 valence electrons. The van der Waals surface area contributed by atoms with E-state index >= 15 is 0 Å². The predicted molar refractivity (Wildman–Crippen MR) is 62.7 cm³/mol. The predicted octanol–water partition coefficient (Wildman–Crippen LogP) is 2.21. The summed E-state index contributed by atoms with van der Waals surface area (Å²) in [7, 11) is 0. The first kappa shape index (κ1) is 10.3. The fourth-order valence-corrected chi connectivity index (χ4v) is 1.94. The van der Waals surface area contributed by atoms with Gasteiger partial charge in [-0.25, -0.2) is 0 Å². The van der Waals surface area contributed by atoms with Gasteiger partial charge in [-0.05, 0) is 24.6 Å². The Morgan fingerprint density at radius 2 is 2.40 bits per heavy atom. The normalized spacial score (nSPS) is 20.5. The molecule has 2 N–H and O–H groups in total. The average molecular weight is 224 g/mol. The summed E-state index contributed by atoms with van der Waals surface area (Å²) in [6, 6.07) is 8.20. The molecule has 1 aliphatic heterocycles. The van der Waals surface area contributed by atoms with Crippen LogP contribution < -0.4 is 5.73 Å². The minimum Gasteiger partial charge on any atom is -0.386 e. The Kier molecular flexibility index (Phi) is 2.82. The lowest BCUT2D eigenvalue weighted by atomic mass is 10.2. The highest BCUT2D eigenvalue weighted by Crippen LogP contribution is 2.18. The molecule has 0 amide bonds. The van der Waals surface area contributed by atoms with Gasteiger partial charge >= 0.3 is 0 Å². The van der Waals surface area contributed by atoms with Gasteiger partial charge in [0.25, 0.3) is 0 Å². The third-order valence-corrected chi connectivity index (χ3v) is 2.74. The molecule has 15 heavy (non-hydrogen) atoms. The van der Waals surface area contributed by atoms with Crippen molar-refractivity contribution in [2.24, 2.45) is 10.8 Å². The lowest BCUT2D eigenvalue weighted by molar-refractivity contribution is 0.236. The highest BCUT2D eigenvalue weighted by atomic mass is 35.5. The Morgan fingerprint density at radius 1 is 1.60 bits per heavy atom. The van der Waals surface area contributed by atoms with Gasteiger partial charge < -0.3 is 5.73 Å². The molecule has 4 heteroatoms. The van der Waals surface area contributed by atoms with Crippen molar-refractivity contribution in [1.29, 1.82) is 0 Å². The lowest BCUT2D eigenvalue weighted by Gasteiger charge is -2.19. The maximum Gasteiger partial charge on any atom is 0.121 e. The van der Waals surface area contributed by atoms with Gasteiger partial charge in [-0.1, -0.05) is 23.7 Å². The van der Waals surface area contributed by atoms with Crippen LogP contribution in [0.2, 0.25) is 5.02 Å². The number of hydrazone groups is 1. The highest BCUT2D eigenvalue weighted by molar-refractivity contribution is 6.30. The third kappa shape index (κ3) is 2.42. The quantitative estimate of drug-likeness (QED) is 0.835. The van der Waals surface area contributed by atoms with Crippen molar-refractivity contribution < 1.29 is 0 Å². The van der Waals surface area contributed by atoms with Gasteiger partial charge in [0.2, 0.25) is 0 Å². The summed E-state index contributed by atoms with van der Waals surface area (Å²) >= 11 is 5.92. The topological polar surface area (TPSA) is 41.6 Å². The number of amidine groups is 1. The van der Waals surface area contributed by atoms with Gasteiger partial charge in [0.15, 0.2) is 0 Å². The van der Waals surface area contributed by atoms with E-state index in [1.807, 2.05) is 29.3 Å². The molecule has 1 aromatic rings. The second-order valence-corrected chi connectivity index (χ2v) is 4.31. The summed E-state index contributed by atoms with van der Waals surface area (Å²) in [4.78, 5) is 0. The first-order chi connectivity index (χ1) is 7.15. The molecule has 0 saturated heterocycles. The largest absolute Gasteiger partial charge is 0.386 e. The number of nitrogens with two attached hydrogens (primary N) is 1. The van der Waals surface area contributed by atoms with Crippen molar-refractivity contribution >= 4 is 17.4 Å². The fourth-order valence-electron chi connectivity index (χ4n) is 1.73. The van der Waals surface area contributed by atoms with Crippen LogP contribution in [0.15, 0.2) is 29.4 Å². The maximum atomic E-state index is 5.92. The van der Waals surface area contributed by atoms with Gasteiger partial charge in [-0.15, -0.1) is 0 Å². The van der Waals surface area contributed by atoms with Crippen molar-refractivity contribution in [1.82, 2.24) is 5.01 Å². The van der Waals surface area contributed by atoms with E-state index < -0.39 is 0 Å². The Balaban J connectivity index is 2.09. The van der Waals surface area contributed by atoms with E-state index in [1.54, 1.807) is 0 Å². The van der Waals surface area contributed by atoms with Crippen molar-refractivity contribution in [2.75, 3.05) is 0 Å². The first-order valence-corrected chi connectivity index (χ1v) is 5.37. The molecule has 1 heterocycles. The molecule has 1 atom stereocenters. The molecule has 0 aliphatic carbocycles. The second-order valence-electron chi connectivity index (χ2n) is 3.87. The van der Waals surface area contributed by atoms with E-state index in [0.717, 1.165) is 23.6 Å². The molecule has 1 unspecified atom stereocenters. The number of benzene rings is 1. The SMILES string of the molecule is CC1CC(N)=NN1Cc1cccc(Cl)c1. The summed E-state index contributed by atoms with van der Waals surface area (Å²) in [6.45, 7) is 2.89. The molecule has 1 aromatic carbocycles. The van der Waals surface area contributed by atoms with Gasteiger partial charge in [-0.3, -0.25) is 5.01 Å². The van der Waals surface area contributed by atoms with Crippen LogP contribution in [-0.2, 0) is 6.54 Å². The van der Waals surface area contributed by atoms with Crippen LogP contribution in [0.5, 0.6) is 0 Å². The van der Waals surface area contributed by atoms with E-state index in [9.17, 15) is 0 Å². The van der Waals surface area contributed by atoms with Crippen molar-refractivity contribution in [3.05, 3.63) is 34.9 Å². The lowest BCUT2D eigenvalue weighted by Crippen LogP contribution is -2.23. The molecule has 0 fully saturated rings. The molecule has 3 nitrogen and oxygen atoms in total. The summed E-state index contributed by atoms with van der Waals surface area (Å²) in [5.41, 5.74) is 6.84. The minimum absolute atomic E-state index is 0.379. The Labute approximate surface area is 94.5 Å². The Hall–Kier alpha value is -1.22. The molecule has 1 aliphatic rings. The van der Waals surface area contributed by atoms with Crippen LogP contribution in [-0.4, -0.2) is 16.9 Å². The molecule has 2 rings (SSSR count). The number of hydrogen-bond acceptors (Lipinski definition) is 3. The summed E-state index contributed by atoms with van der Waals surface area (Å²) in [5, 5.41) is 7.04. The Bertz CT molecular complexity index is 389. The molecule has 0 bridgehead atoms. The number of halogens is 1. The zero-order valence-electron chi connectivity index (χ0n) is 8.65. The van der Waals surface area contributed by atoms with Gasteiger partial charge in [0.05, 0.1) is 12.6 Å². The van der Waals surface area contributed by atoms with Crippen molar-refractivity contribution in [3.63, 3.8) is 0 Å². The average Bonchev–Trinajstić information content (AvgIpc) is 2.45. The van der Waals surface area contributed by atoms with E-state index in [4.69, 9.17) is 17.3 Å². The van der Waals surface area contributed by atoms with Gasteiger partial charge in [0, 0.05) is 11.4 Å². The molecule has 0 radical (unpaired) electrons. The standard InChI is InChI=1S/C11H14ClN3/c1-8-5-11(13)14-15(8)7-9-3-2-4-10(12)6-9/h2-4,6,8H,5,7H2,1H3,(H2,13,14). The Morgan fingerprint density at radius 3 is 3.00 bits per heavy atom. The van der Waals surface area contributed by atoms with Crippen LogP contribution >= 0.6 is 11.6 Å². The third-order valence-electron chi connectivity index (χ3n) is 2.50. The van der Waals surface area contributed by atoms with Crippen LogP contribution in [0.25, 0.3) is 0 Å². The molecule has 0 spiro atoms. The minimum atomic E-state index is 0.379. The molecule has 0 saturated carbocycles. The number of nitrogens with zero attached hydrogens (tertiary/aromatic N) is 2. The maximum absolute atomic E-state index is 5.92. The van der Waals surface area contributed by atoms with Gasteiger partial charge in [0.1, 0.15) is 5.84 Å². The first-order valence-electron chi connectivity index (χ1n) is 4.99. The smallest absolute Gasteiger partial charge is 0.121 e. The fraction of sp³-hybridized carbons (Fsp3) is 0.364. The van der Waals surface area contributed by atoms with Gasteiger partial charge in [-0.2, -0.15) is 5.10 Å². The zero-order chi connectivity index (χ0) is 10.8. The second kappa shape index (κ2) is 4.11. The van der Waals surface area contributed by atoms with Crippen molar-refractivity contribution in [3.8, 4) is 0 Å². The summed E-state index contributed by atoms with van der Waals surface area (Å²) in [6.07, 6.45) is 0.848. The van der Waals surface area contributed by atoms with Crippen LogP contribution in [0, 0.1) is 0 Å².